The zero-order valence-electron chi connectivity index (χ0n) is 43.6. The van der Waals surface area contributed by atoms with E-state index >= 15 is 0 Å². The van der Waals surface area contributed by atoms with Gasteiger partial charge >= 0.3 is 17.9 Å². The van der Waals surface area contributed by atoms with Crippen LogP contribution in [-0.2, 0) is 28.6 Å². The molecule has 6 nitrogen and oxygen atoms in total. The predicted molar refractivity (Wildman–Crippen MR) is 288 cm³/mol. The van der Waals surface area contributed by atoms with E-state index in [1.54, 1.807) is 0 Å². The molecule has 0 radical (unpaired) electrons. The van der Waals surface area contributed by atoms with Crippen molar-refractivity contribution < 1.29 is 28.6 Å². The second-order valence-electron chi connectivity index (χ2n) is 18.1. The van der Waals surface area contributed by atoms with E-state index in [0.717, 1.165) is 103 Å². The quantitative estimate of drug-likeness (QED) is 0.0262. The molecule has 0 aromatic rings. The molecular formula is C61H102O6. The molecular weight excluding hydrogens is 829 g/mol. The van der Waals surface area contributed by atoms with Crippen LogP contribution in [0.15, 0.2) is 97.2 Å². The van der Waals surface area contributed by atoms with Crippen LogP contribution < -0.4 is 0 Å². The molecule has 0 saturated heterocycles. The molecule has 1 atom stereocenters. The van der Waals surface area contributed by atoms with Crippen LogP contribution >= 0.6 is 0 Å². The van der Waals surface area contributed by atoms with Gasteiger partial charge in [-0.3, -0.25) is 14.4 Å². The fourth-order valence-corrected chi connectivity index (χ4v) is 7.49. The SMILES string of the molecule is CC/C=C\C/C=C\C/C=C\C/C=C\C/C=C\CCCC(=O)OCC(COC(=O)CCCCCCCCCCCCCCCCC)OC(=O)CCCCCCCCC/C=C\C/C=C\C/C=C\CC. The first-order chi connectivity index (χ1) is 33.0. The van der Waals surface area contributed by atoms with Crippen molar-refractivity contribution in [1.29, 1.82) is 0 Å². The molecule has 0 aliphatic heterocycles. The lowest BCUT2D eigenvalue weighted by Crippen LogP contribution is -2.30. The van der Waals surface area contributed by atoms with Gasteiger partial charge in [-0.25, -0.2) is 0 Å². The van der Waals surface area contributed by atoms with Crippen LogP contribution in [0.1, 0.15) is 252 Å². The number of carbonyl (C=O) groups excluding carboxylic acids is 3. The molecule has 0 aromatic carbocycles. The maximum Gasteiger partial charge on any atom is 0.306 e. The van der Waals surface area contributed by atoms with E-state index in [1.165, 1.54) is 103 Å². The van der Waals surface area contributed by atoms with Crippen LogP contribution in [0.3, 0.4) is 0 Å². The molecule has 0 aliphatic rings. The van der Waals surface area contributed by atoms with Gasteiger partial charge in [0.2, 0.25) is 0 Å². The lowest BCUT2D eigenvalue weighted by Gasteiger charge is -2.18. The van der Waals surface area contributed by atoms with Gasteiger partial charge in [-0.1, -0.05) is 240 Å². The Kier molecular flexibility index (Phi) is 51.9. The third-order valence-electron chi connectivity index (χ3n) is 11.6. The van der Waals surface area contributed by atoms with Crippen molar-refractivity contribution in [3.8, 4) is 0 Å². The van der Waals surface area contributed by atoms with Crippen molar-refractivity contribution in [2.45, 2.75) is 258 Å². The third kappa shape index (κ3) is 53.2. The first-order valence-corrected chi connectivity index (χ1v) is 27.7. The van der Waals surface area contributed by atoms with Crippen molar-refractivity contribution >= 4 is 17.9 Å². The summed E-state index contributed by atoms with van der Waals surface area (Å²) >= 11 is 0. The summed E-state index contributed by atoms with van der Waals surface area (Å²) in [6, 6.07) is 0. The topological polar surface area (TPSA) is 78.9 Å². The second kappa shape index (κ2) is 54.9. The molecule has 0 amide bonds. The molecule has 382 valence electrons. The van der Waals surface area contributed by atoms with Gasteiger partial charge in [0.25, 0.3) is 0 Å². The summed E-state index contributed by atoms with van der Waals surface area (Å²) in [7, 11) is 0. The number of allylic oxidation sites excluding steroid dienone is 16. The monoisotopic (exact) mass is 931 g/mol. The van der Waals surface area contributed by atoms with E-state index in [4.69, 9.17) is 14.2 Å². The number of rotatable bonds is 49. The normalized spacial score (nSPS) is 12.8. The summed E-state index contributed by atoms with van der Waals surface area (Å²) in [6.45, 7) is 6.37. The van der Waals surface area contributed by atoms with Gasteiger partial charge in [-0.2, -0.15) is 0 Å². The van der Waals surface area contributed by atoms with E-state index < -0.39 is 6.10 Å². The standard InChI is InChI=1S/C61H102O6/c1-4-7-10-13-16-19-22-25-28-30-33-36-39-42-45-48-51-54-60(63)66-57-58(56-65-59(62)53-50-47-44-41-38-35-32-27-24-21-18-15-12-9-6-3)67-61(64)55-52-49-46-43-40-37-34-31-29-26-23-20-17-14-11-8-5-2/h7-8,10-11,16-17,19-20,25-26,28-29,33,36,42,45,58H,4-6,9,12-15,18,21-24,27,30-32,34-35,37-41,43-44,46-57H2,1-3H3/b10-7-,11-8-,19-16-,20-17-,28-25-,29-26-,36-33-,45-42-. The molecule has 6 heteroatoms. The van der Waals surface area contributed by atoms with E-state index in [-0.39, 0.29) is 37.5 Å². The molecule has 0 bridgehead atoms. The van der Waals surface area contributed by atoms with Crippen LogP contribution in [-0.4, -0.2) is 37.2 Å². The van der Waals surface area contributed by atoms with E-state index in [0.29, 0.717) is 19.3 Å². The van der Waals surface area contributed by atoms with Gasteiger partial charge in [-0.15, -0.1) is 0 Å². The highest BCUT2D eigenvalue weighted by atomic mass is 16.6. The van der Waals surface area contributed by atoms with E-state index in [1.807, 2.05) is 0 Å². The van der Waals surface area contributed by atoms with Crippen LogP contribution in [0.5, 0.6) is 0 Å². The average Bonchev–Trinajstić information content (AvgIpc) is 3.33. The molecule has 0 N–H and O–H groups in total. The Balaban J connectivity index is 4.49. The Morgan fingerprint density at radius 3 is 0.970 bits per heavy atom. The van der Waals surface area contributed by atoms with Crippen molar-refractivity contribution in [2.24, 2.45) is 0 Å². The summed E-state index contributed by atoms with van der Waals surface area (Å²) in [5.74, 6) is -0.966. The molecule has 0 aliphatic carbocycles. The lowest BCUT2D eigenvalue weighted by atomic mass is 10.0. The Morgan fingerprint density at radius 1 is 0.313 bits per heavy atom. The molecule has 0 heterocycles. The summed E-state index contributed by atoms with van der Waals surface area (Å²) in [5.41, 5.74) is 0. The van der Waals surface area contributed by atoms with E-state index in [9.17, 15) is 14.4 Å². The molecule has 67 heavy (non-hydrogen) atoms. The van der Waals surface area contributed by atoms with Gasteiger partial charge in [-0.05, 0) is 89.9 Å². The zero-order chi connectivity index (χ0) is 48.6. The minimum atomic E-state index is -0.805. The number of hydrogen-bond donors (Lipinski definition) is 0. The number of hydrogen-bond acceptors (Lipinski definition) is 6. The minimum absolute atomic E-state index is 0.0981. The zero-order valence-corrected chi connectivity index (χ0v) is 43.6. The largest absolute Gasteiger partial charge is 0.462 e. The second-order valence-corrected chi connectivity index (χ2v) is 18.1. The number of esters is 3. The Bertz CT molecular complexity index is 1350. The predicted octanol–water partition coefficient (Wildman–Crippen LogP) is 18.5. The lowest BCUT2D eigenvalue weighted by molar-refractivity contribution is -0.167. The van der Waals surface area contributed by atoms with Crippen molar-refractivity contribution in [1.82, 2.24) is 0 Å². The van der Waals surface area contributed by atoms with Crippen molar-refractivity contribution in [2.75, 3.05) is 13.2 Å². The van der Waals surface area contributed by atoms with E-state index in [2.05, 4.69) is 118 Å². The Morgan fingerprint density at radius 2 is 0.597 bits per heavy atom. The number of unbranched alkanes of at least 4 members (excludes halogenated alkanes) is 22. The third-order valence-corrected chi connectivity index (χ3v) is 11.6. The molecule has 0 rings (SSSR count). The van der Waals surface area contributed by atoms with Gasteiger partial charge in [0, 0.05) is 19.3 Å². The summed E-state index contributed by atoms with van der Waals surface area (Å²) < 4.78 is 16.8. The van der Waals surface area contributed by atoms with Crippen LogP contribution in [0, 0.1) is 0 Å². The molecule has 1 unspecified atom stereocenters. The fraction of sp³-hybridized carbons (Fsp3) is 0.689. The molecule has 0 aromatic heterocycles. The van der Waals surface area contributed by atoms with Crippen LogP contribution in [0.4, 0.5) is 0 Å². The maximum absolute atomic E-state index is 12.8. The van der Waals surface area contributed by atoms with Crippen LogP contribution in [0.25, 0.3) is 0 Å². The molecule has 0 spiro atoms. The highest BCUT2D eigenvalue weighted by Crippen LogP contribution is 2.15. The minimum Gasteiger partial charge on any atom is -0.462 e. The summed E-state index contributed by atoms with van der Waals surface area (Å²) in [4.78, 5) is 38.1. The first kappa shape index (κ1) is 63.3. The average molecular weight is 931 g/mol. The smallest absolute Gasteiger partial charge is 0.306 e. The van der Waals surface area contributed by atoms with Gasteiger partial charge in [0.05, 0.1) is 0 Å². The number of ether oxygens (including phenoxy) is 3. The van der Waals surface area contributed by atoms with Crippen molar-refractivity contribution in [3.05, 3.63) is 97.2 Å². The summed E-state index contributed by atoms with van der Waals surface area (Å²) in [5, 5.41) is 0. The highest BCUT2D eigenvalue weighted by Gasteiger charge is 2.19. The summed E-state index contributed by atoms with van der Waals surface area (Å²) in [6.07, 6.45) is 72.5. The Labute approximate surface area is 413 Å². The molecule has 0 fully saturated rings. The Hall–Kier alpha value is -3.67. The maximum atomic E-state index is 12.8. The fourth-order valence-electron chi connectivity index (χ4n) is 7.49. The van der Waals surface area contributed by atoms with Crippen LogP contribution in [0.2, 0.25) is 0 Å². The van der Waals surface area contributed by atoms with Crippen molar-refractivity contribution in [3.63, 3.8) is 0 Å². The van der Waals surface area contributed by atoms with Gasteiger partial charge < -0.3 is 14.2 Å². The first-order valence-electron chi connectivity index (χ1n) is 27.7. The molecule has 0 saturated carbocycles. The number of carbonyl (C=O) groups is 3. The highest BCUT2D eigenvalue weighted by molar-refractivity contribution is 5.71. The van der Waals surface area contributed by atoms with Gasteiger partial charge in [0.1, 0.15) is 13.2 Å². The van der Waals surface area contributed by atoms with Gasteiger partial charge in [0.15, 0.2) is 6.10 Å².